The zero-order chi connectivity index (χ0) is 17.1. The van der Waals surface area contributed by atoms with Crippen molar-refractivity contribution < 1.29 is 4.79 Å². The third kappa shape index (κ3) is 4.03. The molecule has 2 heterocycles. The first-order chi connectivity index (χ1) is 12.3. The van der Waals surface area contributed by atoms with Crippen molar-refractivity contribution in [3.8, 4) is 0 Å². The third-order valence-corrected chi connectivity index (χ3v) is 5.78. The van der Waals surface area contributed by atoms with E-state index in [0.717, 1.165) is 68.3 Å². The maximum Gasteiger partial charge on any atom is 0.222 e. The molecular formula is C20H28N4O. The van der Waals surface area contributed by atoms with Crippen LogP contribution in [0.1, 0.15) is 44.3 Å². The number of fused-ring (bicyclic) bond motifs is 1. The van der Waals surface area contributed by atoms with Gasteiger partial charge in [-0.25, -0.2) is 4.98 Å². The lowest BCUT2D eigenvalue weighted by molar-refractivity contribution is -0.133. The fourth-order valence-corrected chi connectivity index (χ4v) is 4.23. The highest BCUT2D eigenvalue weighted by Crippen LogP contribution is 2.28. The smallest absolute Gasteiger partial charge is 0.222 e. The molecule has 4 rings (SSSR count). The average molecular weight is 340 g/mol. The second kappa shape index (κ2) is 7.56. The number of rotatable bonds is 5. The van der Waals surface area contributed by atoms with Gasteiger partial charge >= 0.3 is 0 Å². The molecule has 134 valence electrons. The van der Waals surface area contributed by atoms with E-state index in [-0.39, 0.29) is 0 Å². The normalized spacial score (nSPS) is 19.8. The Morgan fingerprint density at radius 3 is 2.64 bits per heavy atom. The highest BCUT2D eigenvalue weighted by atomic mass is 16.2. The van der Waals surface area contributed by atoms with E-state index in [0.29, 0.717) is 5.91 Å². The summed E-state index contributed by atoms with van der Waals surface area (Å²) in [7, 11) is 0. The molecule has 0 unspecified atom stereocenters. The summed E-state index contributed by atoms with van der Waals surface area (Å²) in [5, 5.41) is 0. The zero-order valence-electron chi connectivity index (χ0n) is 14.9. The summed E-state index contributed by atoms with van der Waals surface area (Å²) in [6.45, 7) is 4.41. The SMILES string of the molecule is O=C(CCC1CCCC1)N1CCN(Cc2nc3ccccc3[nH]2)CC1. The van der Waals surface area contributed by atoms with Gasteiger partial charge in [-0.1, -0.05) is 37.8 Å². The number of benzene rings is 1. The lowest BCUT2D eigenvalue weighted by atomic mass is 10.0. The van der Waals surface area contributed by atoms with Crippen molar-refractivity contribution >= 4 is 16.9 Å². The Morgan fingerprint density at radius 2 is 1.88 bits per heavy atom. The Hall–Kier alpha value is -1.88. The predicted molar refractivity (Wildman–Crippen MR) is 99.1 cm³/mol. The largest absolute Gasteiger partial charge is 0.341 e. The van der Waals surface area contributed by atoms with E-state index in [2.05, 4.69) is 25.8 Å². The van der Waals surface area contributed by atoms with Crippen LogP contribution < -0.4 is 0 Å². The van der Waals surface area contributed by atoms with Gasteiger partial charge in [0.15, 0.2) is 0 Å². The van der Waals surface area contributed by atoms with Gasteiger partial charge in [-0.05, 0) is 24.5 Å². The molecule has 0 atom stereocenters. The van der Waals surface area contributed by atoms with Crippen molar-refractivity contribution in [2.24, 2.45) is 5.92 Å². The molecule has 1 aromatic heterocycles. The van der Waals surface area contributed by atoms with Gasteiger partial charge in [0.1, 0.15) is 5.82 Å². The summed E-state index contributed by atoms with van der Waals surface area (Å²) in [5.74, 6) is 2.18. The molecule has 1 saturated carbocycles. The predicted octanol–water partition coefficient (Wildman–Crippen LogP) is 3.18. The number of amides is 1. The molecule has 1 aliphatic heterocycles. The molecule has 1 saturated heterocycles. The van der Waals surface area contributed by atoms with Gasteiger partial charge in [-0.2, -0.15) is 0 Å². The van der Waals surface area contributed by atoms with Crippen LogP contribution in [-0.2, 0) is 11.3 Å². The first-order valence-electron chi connectivity index (χ1n) is 9.72. The van der Waals surface area contributed by atoms with E-state index >= 15 is 0 Å². The van der Waals surface area contributed by atoms with Gasteiger partial charge in [-0.15, -0.1) is 0 Å². The first kappa shape index (κ1) is 16.6. The highest BCUT2D eigenvalue weighted by Gasteiger charge is 2.23. The molecule has 1 aromatic carbocycles. The van der Waals surface area contributed by atoms with Crippen LogP contribution in [-0.4, -0.2) is 51.9 Å². The van der Waals surface area contributed by atoms with Crippen molar-refractivity contribution in [2.45, 2.75) is 45.1 Å². The number of para-hydroxylation sites is 2. The lowest BCUT2D eigenvalue weighted by Crippen LogP contribution is -2.48. The van der Waals surface area contributed by atoms with Crippen molar-refractivity contribution in [1.29, 1.82) is 0 Å². The van der Waals surface area contributed by atoms with Gasteiger partial charge < -0.3 is 9.88 Å². The van der Waals surface area contributed by atoms with Crippen LogP contribution in [0.15, 0.2) is 24.3 Å². The van der Waals surface area contributed by atoms with E-state index < -0.39 is 0 Å². The third-order valence-electron chi connectivity index (χ3n) is 5.78. The number of nitrogens with one attached hydrogen (secondary N) is 1. The molecule has 1 amide bonds. The lowest BCUT2D eigenvalue weighted by Gasteiger charge is -2.34. The summed E-state index contributed by atoms with van der Waals surface area (Å²) in [5.41, 5.74) is 2.12. The Labute approximate surface area is 149 Å². The maximum absolute atomic E-state index is 12.4. The summed E-state index contributed by atoms with van der Waals surface area (Å²) in [4.78, 5) is 24.9. The van der Waals surface area contributed by atoms with Gasteiger partial charge in [0.05, 0.1) is 17.6 Å². The van der Waals surface area contributed by atoms with Crippen molar-refractivity contribution in [3.05, 3.63) is 30.1 Å². The minimum Gasteiger partial charge on any atom is -0.341 e. The molecule has 2 aliphatic rings. The number of hydrogen-bond acceptors (Lipinski definition) is 3. The van der Waals surface area contributed by atoms with Crippen LogP contribution in [0.25, 0.3) is 11.0 Å². The standard InChI is InChI=1S/C20H28N4O/c25-20(10-9-16-5-1-2-6-16)24-13-11-23(12-14-24)15-19-21-17-7-3-4-8-18(17)22-19/h3-4,7-8,16H,1-2,5-6,9-15H2,(H,21,22). The summed E-state index contributed by atoms with van der Waals surface area (Å²) < 4.78 is 0. The zero-order valence-corrected chi connectivity index (χ0v) is 14.9. The minimum atomic E-state index is 0.357. The van der Waals surface area contributed by atoms with Gasteiger partial charge in [0.25, 0.3) is 0 Å². The Morgan fingerprint density at radius 1 is 1.12 bits per heavy atom. The van der Waals surface area contributed by atoms with Crippen LogP contribution in [0.4, 0.5) is 0 Å². The topological polar surface area (TPSA) is 52.2 Å². The second-order valence-corrected chi connectivity index (χ2v) is 7.55. The van der Waals surface area contributed by atoms with E-state index in [1.807, 2.05) is 18.2 Å². The maximum atomic E-state index is 12.4. The first-order valence-corrected chi connectivity index (χ1v) is 9.72. The van der Waals surface area contributed by atoms with Gasteiger partial charge in [0, 0.05) is 32.6 Å². The number of piperazine rings is 1. The fourth-order valence-electron chi connectivity index (χ4n) is 4.23. The van der Waals surface area contributed by atoms with E-state index in [9.17, 15) is 4.79 Å². The molecule has 0 radical (unpaired) electrons. The molecule has 1 N–H and O–H groups in total. The van der Waals surface area contributed by atoms with Crippen LogP contribution in [0.5, 0.6) is 0 Å². The minimum absolute atomic E-state index is 0.357. The number of carbonyl (C=O) groups excluding carboxylic acids is 1. The number of H-pyrrole nitrogens is 1. The summed E-state index contributed by atoms with van der Waals surface area (Å²) in [6, 6.07) is 8.15. The number of nitrogens with zero attached hydrogens (tertiary/aromatic N) is 3. The molecule has 2 aromatic rings. The van der Waals surface area contributed by atoms with Crippen LogP contribution in [0.3, 0.4) is 0 Å². The summed E-state index contributed by atoms with van der Waals surface area (Å²) >= 11 is 0. The molecule has 25 heavy (non-hydrogen) atoms. The Bertz CT molecular complexity index is 678. The number of aromatic nitrogens is 2. The molecule has 0 bridgehead atoms. The Kier molecular flexibility index (Phi) is 5.02. The highest BCUT2D eigenvalue weighted by molar-refractivity contribution is 5.76. The fraction of sp³-hybridized carbons (Fsp3) is 0.600. The van der Waals surface area contributed by atoms with E-state index in [1.54, 1.807) is 0 Å². The number of aromatic amines is 1. The van der Waals surface area contributed by atoms with Crippen molar-refractivity contribution in [3.63, 3.8) is 0 Å². The number of carbonyl (C=O) groups is 1. The molecule has 5 heteroatoms. The molecule has 5 nitrogen and oxygen atoms in total. The average Bonchev–Trinajstić information content (AvgIpc) is 3.29. The van der Waals surface area contributed by atoms with Crippen LogP contribution >= 0.6 is 0 Å². The van der Waals surface area contributed by atoms with E-state index in [1.165, 1.54) is 25.7 Å². The quantitative estimate of drug-likeness (QED) is 0.909. The monoisotopic (exact) mass is 340 g/mol. The molecule has 0 spiro atoms. The van der Waals surface area contributed by atoms with Gasteiger partial charge in [0.2, 0.25) is 5.91 Å². The van der Waals surface area contributed by atoms with Crippen molar-refractivity contribution in [1.82, 2.24) is 19.8 Å². The molecule has 2 fully saturated rings. The number of hydrogen-bond donors (Lipinski definition) is 1. The van der Waals surface area contributed by atoms with Crippen LogP contribution in [0.2, 0.25) is 0 Å². The second-order valence-electron chi connectivity index (χ2n) is 7.55. The summed E-state index contributed by atoms with van der Waals surface area (Å²) in [6.07, 6.45) is 7.22. The molecular weight excluding hydrogens is 312 g/mol. The van der Waals surface area contributed by atoms with Crippen molar-refractivity contribution in [2.75, 3.05) is 26.2 Å². The van der Waals surface area contributed by atoms with Crippen LogP contribution in [0, 0.1) is 5.92 Å². The Balaban J connectivity index is 1.24. The number of imidazole rings is 1. The molecule has 1 aliphatic carbocycles. The van der Waals surface area contributed by atoms with Gasteiger partial charge in [-0.3, -0.25) is 9.69 Å². The van der Waals surface area contributed by atoms with E-state index in [4.69, 9.17) is 0 Å².